The maximum Gasteiger partial charge on any atom is 0.255 e. The quantitative estimate of drug-likeness (QED) is 0.661. The van der Waals surface area contributed by atoms with Gasteiger partial charge in [-0.2, -0.15) is 0 Å². The second kappa shape index (κ2) is 10.7. The Morgan fingerprint density at radius 2 is 1.80 bits per heavy atom. The van der Waals surface area contributed by atoms with E-state index < -0.39 is 6.04 Å². The van der Waals surface area contributed by atoms with Gasteiger partial charge in [-0.1, -0.05) is 38.1 Å². The van der Waals surface area contributed by atoms with Gasteiger partial charge in [0.05, 0.1) is 18.7 Å². The molecule has 2 atom stereocenters. The molecule has 2 rings (SSSR count). The van der Waals surface area contributed by atoms with Gasteiger partial charge in [0, 0.05) is 6.54 Å². The predicted molar refractivity (Wildman–Crippen MR) is 115 cm³/mol. The van der Waals surface area contributed by atoms with E-state index in [4.69, 9.17) is 4.74 Å². The van der Waals surface area contributed by atoms with Gasteiger partial charge in [-0.15, -0.1) is 0 Å². The minimum Gasteiger partial charge on any atom is -0.496 e. The van der Waals surface area contributed by atoms with Gasteiger partial charge in [0.1, 0.15) is 17.6 Å². The number of nitrogens with one attached hydrogen (secondary N) is 2. The number of hydrogen-bond acceptors (Lipinski definition) is 4. The zero-order valence-corrected chi connectivity index (χ0v) is 18.1. The van der Waals surface area contributed by atoms with Gasteiger partial charge in [0.2, 0.25) is 5.91 Å². The van der Waals surface area contributed by atoms with Crippen LogP contribution in [0.25, 0.3) is 0 Å². The largest absolute Gasteiger partial charge is 0.496 e. The minimum absolute atomic E-state index is 0.129. The minimum atomic E-state index is -0.724. The second-order valence-corrected chi connectivity index (χ2v) is 7.67. The fraction of sp³-hybridized carbons (Fsp3) is 0.391. The Labute approximate surface area is 177 Å². The molecule has 0 aliphatic carbocycles. The first-order chi connectivity index (χ1) is 14.2. The molecule has 2 unspecified atom stereocenters. The number of amides is 2. The summed E-state index contributed by atoms with van der Waals surface area (Å²) in [7, 11) is 5.22. The molecule has 2 N–H and O–H groups in total. The zero-order valence-electron chi connectivity index (χ0n) is 18.1. The average Bonchev–Trinajstić information content (AvgIpc) is 2.71. The molecule has 30 heavy (non-hydrogen) atoms. The van der Waals surface area contributed by atoms with E-state index in [1.807, 2.05) is 38.9 Å². The van der Waals surface area contributed by atoms with Crippen molar-refractivity contribution in [1.82, 2.24) is 15.5 Å². The molecule has 0 aromatic heterocycles. The molecule has 2 aromatic rings. The summed E-state index contributed by atoms with van der Waals surface area (Å²) in [5.41, 5.74) is 1.13. The van der Waals surface area contributed by atoms with Crippen molar-refractivity contribution in [2.24, 2.45) is 5.92 Å². The van der Waals surface area contributed by atoms with Crippen molar-refractivity contribution in [2.45, 2.75) is 25.9 Å². The van der Waals surface area contributed by atoms with Crippen LogP contribution in [0, 0.1) is 11.7 Å². The van der Waals surface area contributed by atoms with Crippen molar-refractivity contribution < 1.29 is 18.7 Å². The van der Waals surface area contributed by atoms with Gasteiger partial charge in [-0.25, -0.2) is 4.39 Å². The van der Waals surface area contributed by atoms with Gasteiger partial charge >= 0.3 is 0 Å². The van der Waals surface area contributed by atoms with Crippen molar-refractivity contribution in [3.8, 4) is 5.75 Å². The first kappa shape index (κ1) is 23.3. The summed E-state index contributed by atoms with van der Waals surface area (Å²) >= 11 is 0. The molecule has 0 aliphatic heterocycles. The molecular weight excluding hydrogens is 385 g/mol. The Bertz CT molecular complexity index is 870. The highest BCUT2D eigenvalue weighted by atomic mass is 19.1. The van der Waals surface area contributed by atoms with E-state index in [9.17, 15) is 14.0 Å². The van der Waals surface area contributed by atoms with Crippen molar-refractivity contribution >= 4 is 11.8 Å². The molecule has 0 radical (unpaired) electrons. The van der Waals surface area contributed by atoms with Gasteiger partial charge in [0.25, 0.3) is 5.91 Å². The Hall–Kier alpha value is -2.93. The molecule has 0 aliphatic rings. The molecule has 162 valence electrons. The Balaban J connectivity index is 2.10. The lowest BCUT2D eigenvalue weighted by molar-refractivity contribution is -0.124. The molecule has 2 amide bonds. The SMILES string of the molecule is COc1ccccc1C(=O)NC(C(=O)NCC(c1cccc(F)c1)N(C)C)C(C)C. The standard InChI is InChI=1S/C23H30FN3O3/c1-15(2)21(26-22(28)18-11-6-7-12-20(18)30-5)23(29)25-14-19(27(3)4)16-9-8-10-17(24)13-16/h6-13,15,19,21H,14H2,1-5H3,(H,25,29)(H,26,28). The van der Waals surface area contributed by atoms with Crippen LogP contribution in [0.2, 0.25) is 0 Å². The average molecular weight is 416 g/mol. The van der Waals surface area contributed by atoms with Crippen LogP contribution in [0.5, 0.6) is 5.75 Å². The smallest absolute Gasteiger partial charge is 0.255 e. The van der Waals surface area contributed by atoms with Crippen LogP contribution in [-0.2, 0) is 4.79 Å². The van der Waals surface area contributed by atoms with E-state index in [1.165, 1.54) is 19.2 Å². The number of ether oxygens (including phenoxy) is 1. The number of likely N-dealkylation sites (N-methyl/N-ethyl adjacent to an activating group) is 1. The third kappa shape index (κ3) is 6.03. The number of benzene rings is 2. The van der Waals surface area contributed by atoms with E-state index in [0.29, 0.717) is 11.3 Å². The fourth-order valence-corrected chi connectivity index (χ4v) is 3.21. The second-order valence-electron chi connectivity index (χ2n) is 7.67. The third-order valence-corrected chi connectivity index (χ3v) is 4.91. The van der Waals surface area contributed by atoms with E-state index in [2.05, 4.69) is 10.6 Å². The Morgan fingerprint density at radius 1 is 1.10 bits per heavy atom. The lowest BCUT2D eigenvalue weighted by Gasteiger charge is -2.27. The molecule has 0 bridgehead atoms. The monoisotopic (exact) mass is 415 g/mol. The highest BCUT2D eigenvalue weighted by molar-refractivity contribution is 5.99. The number of rotatable bonds is 9. The summed E-state index contributed by atoms with van der Waals surface area (Å²) in [5.74, 6) is -0.686. The summed E-state index contributed by atoms with van der Waals surface area (Å²) in [6.45, 7) is 4.01. The summed E-state index contributed by atoms with van der Waals surface area (Å²) < 4.78 is 18.9. The van der Waals surface area contributed by atoms with Crippen molar-refractivity contribution in [1.29, 1.82) is 0 Å². The number of para-hydroxylation sites is 1. The van der Waals surface area contributed by atoms with Crippen molar-refractivity contribution in [3.63, 3.8) is 0 Å². The fourth-order valence-electron chi connectivity index (χ4n) is 3.21. The Kier molecular flexibility index (Phi) is 8.35. The number of carbonyl (C=O) groups excluding carboxylic acids is 2. The van der Waals surface area contributed by atoms with E-state index in [0.717, 1.165) is 5.56 Å². The van der Waals surface area contributed by atoms with Crippen LogP contribution in [0.15, 0.2) is 48.5 Å². The van der Waals surface area contributed by atoms with Gasteiger partial charge in [0.15, 0.2) is 0 Å². The highest BCUT2D eigenvalue weighted by Crippen LogP contribution is 2.19. The van der Waals surface area contributed by atoms with Crippen LogP contribution in [0.1, 0.15) is 35.8 Å². The highest BCUT2D eigenvalue weighted by Gasteiger charge is 2.27. The number of halogens is 1. The molecule has 0 saturated heterocycles. The number of carbonyl (C=O) groups is 2. The first-order valence-electron chi connectivity index (χ1n) is 9.88. The Morgan fingerprint density at radius 3 is 2.40 bits per heavy atom. The number of nitrogens with zero attached hydrogens (tertiary/aromatic N) is 1. The summed E-state index contributed by atoms with van der Waals surface area (Å²) in [6, 6.07) is 12.2. The molecule has 7 heteroatoms. The van der Waals surface area contributed by atoms with Gasteiger partial charge < -0.3 is 20.3 Å². The topological polar surface area (TPSA) is 70.7 Å². The third-order valence-electron chi connectivity index (χ3n) is 4.91. The van der Waals surface area contributed by atoms with Crippen LogP contribution in [0.4, 0.5) is 4.39 Å². The van der Waals surface area contributed by atoms with E-state index in [1.54, 1.807) is 30.3 Å². The lowest BCUT2D eigenvalue weighted by atomic mass is 10.0. The lowest BCUT2D eigenvalue weighted by Crippen LogP contribution is -2.51. The maximum absolute atomic E-state index is 13.6. The van der Waals surface area contributed by atoms with E-state index in [-0.39, 0.29) is 36.1 Å². The van der Waals surface area contributed by atoms with Gasteiger partial charge in [-0.3, -0.25) is 9.59 Å². The molecule has 6 nitrogen and oxygen atoms in total. The number of hydrogen-bond donors (Lipinski definition) is 2. The van der Waals surface area contributed by atoms with Crippen LogP contribution in [-0.4, -0.2) is 50.5 Å². The summed E-state index contributed by atoms with van der Waals surface area (Å²) in [5, 5.41) is 5.70. The molecule has 0 fully saturated rings. The van der Waals surface area contributed by atoms with E-state index >= 15 is 0 Å². The van der Waals surface area contributed by atoms with Crippen LogP contribution in [0.3, 0.4) is 0 Å². The van der Waals surface area contributed by atoms with Crippen LogP contribution >= 0.6 is 0 Å². The molecule has 2 aromatic carbocycles. The molecule has 0 spiro atoms. The van der Waals surface area contributed by atoms with Crippen LogP contribution < -0.4 is 15.4 Å². The normalized spacial score (nSPS) is 13.1. The molecule has 0 saturated carbocycles. The number of methoxy groups -OCH3 is 1. The molecule has 0 heterocycles. The zero-order chi connectivity index (χ0) is 22.3. The predicted octanol–water partition coefficient (Wildman–Crippen LogP) is 3.01. The van der Waals surface area contributed by atoms with Gasteiger partial charge in [-0.05, 0) is 49.8 Å². The van der Waals surface area contributed by atoms with Crippen molar-refractivity contribution in [3.05, 3.63) is 65.5 Å². The van der Waals surface area contributed by atoms with Crippen molar-refractivity contribution in [2.75, 3.05) is 27.7 Å². The summed E-state index contributed by atoms with van der Waals surface area (Å²) in [4.78, 5) is 27.5. The molecular formula is C23H30FN3O3. The first-order valence-corrected chi connectivity index (χ1v) is 9.88. The summed E-state index contributed by atoms with van der Waals surface area (Å²) in [6.07, 6.45) is 0. The maximum atomic E-state index is 13.6.